The molecule has 1 atom stereocenters. The molecule has 18 heavy (non-hydrogen) atoms. The fraction of sp³-hybridized carbons (Fsp3) is 0.385. The van der Waals surface area contributed by atoms with Crippen molar-refractivity contribution in [3.8, 4) is 5.75 Å². The number of ether oxygens (including phenoxy) is 1. The predicted molar refractivity (Wildman–Crippen MR) is 68.4 cm³/mol. The Morgan fingerprint density at radius 1 is 1.33 bits per heavy atom. The van der Waals surface area contributed by atoms with Crippen LogP contribution in [0.3, 0.4) is 0 Å². The predicted octanol–water partition coefficient (Wildman–Crippen LogP) is 1.08. The molecule has 0 heterocycles. The quantitative estimate of drug-likeness (QED) is 0.792. The molecule has 0 spiro atoms. The van der Waals surface area contributed by atoms with Crippen LogP contribution in [0, 0.1) is 0 Å². The van der Waals surface area contributed by atoms with Crippen LogP contribution < -0.4 is 15.8 Å². The zero-order valence-corrected chi connectivity index (χ0v) is 10.6. The molecule has 0 aromatic heterocycles. The molecule has 0 saturated heterocycles. The summed E-state index contributed by atoms with van der Waals surface area (Å²) in [4.78, 5) is 22.3. The van der Waals surface area contributed by atoms with E-state index in [1.165, 1.54) is 0 Å². The SMILES string of the molecule is CCC(C)NC(=O)c1ccc(OCC(N)=O)cc1. The Labute approximate surface area is 106 Å². The normalized spacial score (nSPS) is 11.7. The van der Waals surface area contributed by atoms with Crippen LogP contribution in [-0.2, 0) is 4.79 Å². The molecule has 5 heteroatoms. The van der Waals surface area contributed by atoms with Crippen molar-refractivity contribution in [2.45, 2.75) is 26.3 Å². The number of nitrogens with two attached hydrogens (primary N) is 1. The fourth-order valence-electron chi connectivity index (χ4n) is 1.27. The molecule has 0 aliphatic carbocycles. The summed E-state index contributed by atoms with van der Waals surface area (Å²) < 4.78 is 5.10. The molecule has 3 N–H and O–H groups in total. The zero-order chi connectivity index (χ0) is 13.5. The summed E-state index contributed by atoms with van der Waals surface area (Å²) >= 11 is 0. The van der Waals surface area contributed by atoms with Crippen molar-refractivity contribution in [3.63, 3.8) is 0 Å². The van der Waals surface area contributed by atoms with Gasteiger partial charge in [0, 0.05) is 11.6 Å². The summed E-state index contributed by atoms with van der Waals surface area (Å²) in [7, 11) is 0. The van der Waals surface area contributed by atoms with Crippen molar-refractivity contribution in [3.05, 3.63) is 29.8 Å². The summed E-state index contributed by atoms with van der Waals surface area (Å²) in [5, 5.41) is 2.86. The van der Waals surface area contributed by atoms with Gasteiger partial charge in [0.05, 0.1) is 0 Å². The first-order valence-electron chi connectivity index (χ1n) is 5.85. The highest BCUT2D eigenvalue weighted by Crippen LogP contribution is 2.12. The highest BCUT2D eigenvalue weighted by atomic mass is 16.5. The lowest BCUT2D eigenvalue weighted by atomic mass is 10.2. The van der Waals surface area contributed by atoms with Gasteiger partial charge in [0.25, 0.3) is 11.8 Å². The Hall–Kier alpha value is -2.04. The van der Waals surface area contributed by atoms with E-state index >= 15 is 0 Å². The molecule has 0 bridgehead atoms. The van der Waals surface area contributed by atoms with Crippen LogP contribution in [0.2, 0.25) is 0 Å². The van der Waals surface area contributed by atoms with E-state index in [9.17, 15) is 9.59 Å². The van der Waals surface area contributed by atoms with Gasteiger partial charge in [-0.3, -0.25) is 9.59 Å². The van der Waals surface area contributed by atoms with Crippen molar-refractivity contribution in [1.82, 2.24) is 5.32 Å². The molecule has 1 aromatic carbocycles. The van der Waals surface area contributed by atoms with Crippen LogP contribution in [0.5, 0.6) is 5.75 Å². The Morgan fingerprint density at radius 3 is 2.44 bits per heavy atom. The number of amides is 2. The molecule has 2 amide bonds. The highest BCUT2D eigenvalue weighted by Gasteiger charge is 2.08. The van der Waals surface area contributed by atoms with Crippen molar-refractivity contribution in [1.29, 1.82) is 0 Å². The molecule has 0 saturated carbocycles. The number of nitrogens with one attached hydrogen (secondary N) is 1. The molecule has 0 fully saturated rings. The Bertz CT molecular complexity index is 415. The van der Waals surface area contributed by atoms with Crippen LogP contribution in [0.25, 0.3) is 0 Å². The molecule has 1 aromatic rings. The first-order chi connectivity index (χ1) is 8.52. The van der Waals surface area contributed by atoms with E-state index in [0.717, 1.165) is 6.42 Å². The van der Waals surface area contributed by atoms with E-state index in [4.69, 9.17) is 10.5 Å². The second-order valence-corrected chi connectivity index (χ2v) is 4.06. The molecule has 5 nitrogen and oxygen atoms in total. The first kappa shape index (κ1) is 14.0. The van der Waals surface area contributed by atoms with Crippen molar-refractivity contribution < 1.29 is 14.3 Å². The van der Waals surface area contributed by atoms with Gasteiger partial charge in [-0.05, 0) is 37.6 Å². The number of primary amides is 1. The Kier molecular flexibility index (Phi) is 5.17. The third-order valence-electron chi connectivity index (χ3n) is 2.49. The lowest BCUT2D eigenvalue weighted by Crippen LogP contribution is -2.31. The molecule has 98 valence electrons. The molecule has 0 radical (unpaired) electrons. The van der Waals surface area contributed by atoms with E-state index in [2.05, 4.69) is 5.32 Å². The topological polar surface area (TPSA) is 81.4 Å². The van der Waals surface area contributed by atoms with E-state index in [0.29, 0.717) is 11.3 Å². The van der Waals surface area contributed by atoms with E-state index in [-0.39, 0.29) is 18.6 Å². The molecular weight excluding hydrogens is 232 g/mol. The maximum absolute atomic E-state index is 11.8. The number of hydrogen-bond acceptors (Lipinski definition) is 3. The second kappa shape index (κ2) is 6.64. The summed E-state index contributed by atoms with van der Waals surface area (Å²) in [5.74, 6) is -0.145. The Morgan fingerprint density at radius 2 is 1.94 bits per heavy atom. The van der Waals surface area contributed by atoms with Gasteiger partial charge in [0.2, 0.25) is 0 Å². The molecule has 1 rings (SSSR count). The van der Waals surface area contributed by atoms with Gasteiger partial charge in [-0.2, -0.15) is 0 Å². The first-order valence-corrected chi connectivity index (χ1v) is 5.85. The standard InChI is InChI=1S/C13H18N2O3/c1-3-9(2)15-13(17)10-4-6-11(7-5-10)18-8-12(14)16/h4-7,9H,3,8H2,1-2H3,(H2,14,16)(H,15,17). The van der Waals surface area contributed by atoms with Gasteiger partial charge >= 0.3 is 0 Å². The maximum Gasteiger partial charge on any atom is 0.255 e. The summed E-state index contributed by atoms with van der Waals surface area (Å²) in [6, 6.07) is 6.70. The largest absolute Gasteiger partial charge is 0.484 e. The number of carbonyl (C=O) groups is 2. The fourth-order valence-corrected chi connectivity index (χ4v) is 1.27. The average Bonchev–Trinajstić information content (AvgIpc) is 2.36. The zero-order valence-electron chi connectivity index (χ0n) is 10.6. The monoisotopic (exact) mass is 250 g/mol. The highest BCUT2D eigenvalue weighted by molar-refractivity contribution is 5.94. The van der Waals surface area contributed by atoms with Crippen LogP contribution in [0.4, 0.5) is 0 Å². The summed E-state index contributed by atoms with van der Waals surface area (Å²) in [5.41, 5.74) is 5.52. The van der Waals surface area contributed by atoms with Gasteiger partial charge < -0.3 is 15.8 Å². The van der Waals surface area contributed by atoms with E-state index in [1.807, 2.05) is 13.8 Å². The van der Waals surface area contributed by atoms with Crippen LogP contribution >= 0.6 is 0 Å². The summed E-state index contributed by atoms with van der Waals surface area (Å²) in [6.45, 7) is 3.78. The minimum Gasteiger partial charge on any atom is -0.484 e. The average molecular weight is 250 g/mol. The van der Waals surface area contributed by atoms with Gasteiger partial charge in [-0.25, -0.2) is 0 Å². The lowest BCUT2D eigenvalue weighted by molar-refractivity contribution is -0.119. The number of carbonyl (C=O) groups excluding carboxylic acids is 2. The molecular formula is C13H18N2O3. The van der Waals surface area contributed by atoms with Crippen LogP contribution in [-0.4, -0.2) is 24.5 Å². The van der Waals surface area contributed by atoms with Crippen LogP contribution in [0.15, 0.2) is 24.3 Å². The molecule has 0 aliphatic rings. The van der Waals surface area contributed by atoms with Gasteiger partial charge in [-0.15, -0.1) is 0 Å². The minimum atomic E-state index is -0.534. The van der Waals surface area contributed by atoms with Gasteiger partial charge in [0.1, 0.15) is 5.75 Å². The second-order valence-electron chi connectivity index (χ2n) is 4.06. The molecule has 0 aliphatic heterocycles. The van der Waals surface area contributed by atoms with E-state index in [1.54, 1.807) is 24.3 Å². The number of benzene rings is 1. The number of rotatable bonds is 6. The van der Waals surface area contributed by atoms with Gasteiger partial charge in [-0.1, -0.05) is 6.92 Å². The van der Waals surface area contributed by atoms with Crippen molar-refractivity contribution in [2.75, 3.05) is 6.61 Å². The smallest absolute Gasteiger partial charge is 0.255 e. The van der Waals surface area contributed by atoms with Gasteiger partial charge in [0.15, 0.2) is 6.61 Å². The third-order valence-corrected chi connectivity index (χ3v) is 2.49. The minimum absolute atomic E-state index is 0.120. The van der Waals surface area contributed by atoms with Crippen molar-refractivity contribution >= 4 is 11.8 Å². The lowest BCUT2D eigenvalue weighted by Gasteiger charge is -2.11. The Balaban J connectivity index is 2.59. The summed E-state index contributed by atoms with van der Waals surface area (Å²) in [6.07, 6.45) is 0.881. The van der Waals surface area contributed by atoms with Crippen molar-refractivity contribution in [2.24, 2.45) is 5.73 Å². The van der Waals surface area contributed by atoms with E-state index < -0.39 is 5.91 Å². The molecule has 1 unspecified atom stereocenters. The number of hydrogen-bond donors (Lipinski definition) is 2. The van der Waals surface area contributed by atoms with Crippen LogP contribution in [0.1, 0.15) is 30.6 Å². The third kappa shape index (κ3) is 4.45. The maximum atomic E-state index is 11.8.